The number of hydrogen-bond acceptors (Lipinski definition) is 3. The Labute approximate surface area is 136 Å². The monoisotopic (exact) mass is 317 g/mol. The van der Waals surface area contributed by atoms with Gasteiger partial charge in [-0.2, -0.15) is 0 Å². The molecular formula is C18H23NS2. The molecule has 0 aliphatic carbocycles. The molecule has 0 aromatic heterocycles. The standard InChI is InChI=1S/C18H23NS2/c1-4-20-17-6-5-7-18(16(17)12-19)21-15-10-8-14(9-11-15)13(2)3/h5-11,13H,4,12,19H2,1-3H3. The van der Waals surface area contributed by atoms with Crippen LogP contribution < -0.4 is 5.73 Å². The molecule has 0 aliphatic rings. The fourth-order valence-electron chi connectivity index (χ4n) is 2.18. The second-order valence-corrected chi connectivity index (χ2v) is 7.62. The molecule has 0 fully saturated rings. The van der Waals surface area contributed by atoms with E-state index in [0.29, 0.717) is 12.5 Å². The third-order valence-corrected chi connectivity index (χ3v) is 5.46. The predicted molar refractivity (Wildman–Crippen MR) is 95.4 cm³/mol. The van der Waals surface area contributed by atoms with Gasteiger partial charge in [0.05, 0.1) is 0 Å². The van der Waals surface area contributed by atoms with Crippen molar-refractivity contribution in [2.75, 3.05) is 5.75 Å². The lowest BCUT2D eigenvalue weighted by Crippen LogP contribution is -2.00. The number of hydrogen-bond donors (Lipinski definition) is 1. The van der Waals surface area contributed by atoms with Crippen LogP contribution in [0.5, 0.6) is 0 Å². The lowest BCUT2D eigenvalue weighted by molar-refractivity contribution is 0.865. The molecule has 21 heavy (non-hydrogen) atoms. The summed E-state index contributed by atoms with van der Waals surface area (Å²) in [5.74, 6) is 1.65. The van der Waals surface area contributed by atoms with Crippen molar-refractivity contribution < 1.29 is 0 Å². The summed E-state index contributed by atoms with van der Waals surface area (Å²) in [7, 11) is 0. The van der Waals surface area contributed by atoms with Crippen LogP contribution in [0.1, 0.15) is 37.8 Å². The maximum absolute atomic E-state index is 5.97. The zero-order chi connectivity index (χ0) is 15.2. The molecule has 3 heteroatoms. The highest BCUT2D eigenvalue weighted by Crippen LogP contribution is 2.35. The van der Waals surface area contributed by atoms with Gasteiger partial charge in [-0.25, -0.2) is 0 Å². The second-order valence-electron chi connectivity index (χ2n) is 5.20. The summed E-state index contributed by atoms with van der Waals surface area (Å²) in [6.07, 6.45) is 0. The van der Waals surface area contributed by atoms with Crippen LogP contribution in [0.15, 0.2) is 57.2 Å². The highest BCUT2D eigenvalue weighted by atomic mass is 32.2. The van der Waals surface area contributed by atoms with Crippen LogP contribution in [-0.2, 0) is 6.54 Å². The maximum atomic E-state index is 5.97. The topological polar surface area (TPSA) is 26.0 Å². The summed E-state index contributed by atoms with van der Waals surface area (Å²) < 4.78 is 0. The molecule has 0 unspecified atom stereocenters. The lowest BCUT2D eigenvalue weighted by Gasteiger charge is -2.13. The van der Waals surface area contributed by atoms with Crippen LogP contribution in [-0.4, -0.2) is 5.75 Å². The molecule has 1 nitrogen and oxygen atoms in total. The van der Waals surface area contributed by atoms with Gasteiger partial charge in [0.1, 0.15) is 0 Å². The van der Waals surface area contributed by atoms with E-state index in [4.69, 9.17) is 5.73 Å². The summed E-state index contributed by atoms with van der Waals surface area (Å²) in [5, 5.41) is 0. The molecule has 0 aliphatic heterocycles. The maximum Gasteiger partial charge on any atom is 0.0200 e. The van der Waals surface area contributed by atoms with Crippen molar-refractivity contribution in [3.63, 3.8) is 0 Å². The minimum absolute atomic E-state index is 0.577. The van der Waals surface area contributed by atoms with Crippen molar-refractivity contribution in [2.45, 2.75) is 47.9 Å². The Hall–Kier alpha value is -0.900. The number of benzene rings is 2. The van der Waals surface area contributed by atoms with E-state index in [2.05, 4.69) is 63.2 Å². The summed E-state index contributed by atoms with van der Waals surface area (Å²) >= 11 is 3.67. The van der Waals surface area contributed by atoms with Crippen LogP contribution in [0.25, 0.3) is 0 Å². The molecule has 0 heterocycles. The van der Waals surface area contributed by atoms with Gasteiger partial charge in [0.15, 0.2) is 0 Å². The van der Waals surface area contributed by atoms with Crippen molar-refractivity contribution in [3.8, 4) is 0 Å². The van der Waals surface area contributed by atoms with E-state index in [1.165, 1.54) is 25.8 Å². The lowest BCUT2D eigenvalue weighted by atomic mass is 10.0. The Balaban J connectivity index is 2.24. The van der Waals surface area contributed by atoms with Gasteiger partial charge in [-0.1, -0.05) is 50.7 Å². The van der Waals surface area contributed by atoms with E-state index < -0.39 is 0 Å². The quantitative estimate of drug-likeness (QED) is 0.709. The van der Waals surface area contributed by atoms with E-state index in [-0.39, 0.29) is 0 Å². The van der Waals surface area contributed by atoms with Crippen molar-refractivity contribution >= 4 is 23.5 Å². The van der Waals surface area contributed by atoms with Gasteiger partial charge in [0.2, 0.25) is 0 Å². The van der Waals surface area contributed by atoms with Crippen molar-refractivity contribution in [1.82, 2.24) is 0 Å². The molecule has 0 spiro atoms. The highest BCUT2D eigenvalue weighted by Gasteiger charge is 2.09. The molecule has 0 bridgehead atoms. The van der Waals surface area contributed by atoms with Gasteiger partial charge >= 0.3 is 0 Å². The molecule has 2 rings (SSSR count). The van der Waals surface area contributed by atoms with Gasteiger partial charge in [-0.3, -0.25) is 0 Å². The SMILES string of the molecule is CCSc1cccc(Sc2ccc(C(C)C)cc2)c1CN. The number of rotatable bonds is 6. The minimum Gasteiger partial charge on any atom is -0.326 e. The van der Waals surface area contributed by atoms with Crippen molar-refractivity contribution in [2.24, 2.45) is 5.73 Å². The van der Waals surface area contributed by atoms with E-state index in [9.17, 15) is 0 Å². The van der Waals surface area contributed by atoms with Gasteiger partial charge in [-0.15, -0.1) is 11.8 Å². The molecule has 0 saturated heterocycles. The third kappa shape index (κ3) is 4.29. The molecule has 2 N–H and O–H groups in total. The van der Waals surface area contributed by atoms with Crippen LogP contribution in [0, 0.1) is 0 Å². The van der Waals surface area contributed by atoms with Gasteiger partial charge in [0.25, 0.3) is 0 Å². The van der Waals surface area contributed by atoms with E-state index in [1.807, 2.05) is 11.8 Å². The van der Waals surface area contributed by atoms with Crippen LogP contribution >= 0.6 is 23.5 Å². The van der Waals surface area contributed by atoms with Gasteiger partial charge < -0.3 is 5.73 Å². The Bertz CT molecular complexity index is 576. The molecule has 2 aromatic carbocycles. The zero-order valence-corrected chi connectivity index (χ0v) is 14.6. The molecule has 0 radical (unpaired) electrons. The first-order valence-corrected chi connectivity index (χ1v) is 9.18. The van der Waals surface area contributed by atoms with E-state index in [0.717, 1.165) is 5.75 Å². The van der Waals surface area contributed by atoms with Crippen LogP contribution in [0.4, 0.5) is 0 Å². The van der Waals surface area contributed by atoms with E-state index >= 15 is 0 Å². The summed E-state index contributed by atoms with van der Waals surface area (Å²) in [6.45, 7) is 7.21. The normalized spacial score (nSPS) is 11.1. The summed E-state index contributed by atoms with van der Waals surface area (Å²) in [6, 6.07) is 15.3. The Morgan fingerprint density at radius 1 is 1.00 bits per heavy atom. The van der Waals surface area contributed by atoms with Crippen molar-refractivity contribution in [3.05, 3.63) is 53.6 Å². The average molecular weight is 318 g/mol. The van der Waals surface area contributed by atoms with Crippen LogP contribution in [0.2, 0.25) is 0 Å². The van der Waals surface area contributed by atoms with Gasteiger partial charge in [-0.05, 0) is 47.1 Å². The predicted octanol–water partition coefficient (Wildman–Crippen LogP) is 5.53. The molecule has 2 aromatic rings. The number of thioether (sulfide) groups is 1. The molecular weight excluding hydrogens is 294 g/mol. The largest absolute Gasteiger partial charge is 0.326 e. The zero-order valence-electron chi connectivity index (χ0n) is 12.9. The Morgan fingerprint density at radius 2 is 1.67 bits per heavy atom. The highest BCUT2D eigenvalue weighted by molar-refractivity contribution is 8.00. The first-order chi connectivity index (χ1) is 10.2. The molecule has 0 atom stereocenters. The van der Waals surface area contributed by atoms with Crippen molar-refractivity contribution in [1.29, 1.82) is 0 Å². The summed E-state index contributed by atoms with van der Waals surface area (Å²) in [4.78, 5) is 3.85. The first-order valence-electron chi connectivity index (χ1n) is 7.38. The number of nitrogens with two attached hydrogens (primary N) is 1. The van der Waals surface area contributed by atoms with Crippen LogP contribution in [0.3, 0.4) is 0 Å². The van der Waals surface area contributed by atoms with E-state index in [1.54, 1.807) is 11.8 Å². The van der Waals surface area contributed by atoms with Gasteiger partial charge in [0, 0.05) is 21.2 Å². The third-order valence-electron chi connectivity index (χ3n) is 3.37. The fraction of sp³-hybridized carbons (Fsp3) is 0.333. The summed E-state index contributed by atoms with van der Waals surface area (Å²) in [5.41, 5.74) is 8.62. The minimum atomic E-state index is 0.577. The average Bonchev–Trinajstić information content (AvgIpc) is 2.48. The smallest absolute Gasteiger partial charge is 0.0200 e. The first kappa shape index (κ1) is 16.5. The Kier molecular flexibility index (Phi) is 6.22. The molecule has 0 saturated carbocycles. The molecule has 112 valence electrons. The fourth-order valence-corrected chi connectivity index (χ4v) is 4.09. The second kappa shape index (κ2) is 7.92. The molecule has 0 amide bonds. The Morgan fingerprint density at radius 3 is 2.24 bits per heavy atom.